The van der Waals surface area contributed by atoms with Gasteiger partial charge in [-0.2, -0.15) is 0 Å². The standard InChI is InChI=1S/C14H17NO3/c1-3-12(14(17)18-2)15-13(16)10-9-11-7-5-4-6-8-11/h4-10,12H,3H2,1-2H3,(H,15,16)/b10-9+. The highest BCUT2D eigenvalue weighted by Crippen LogP contribution is 2.01. The molecular weight excluding hydrogens is 230 g/mol. The normalized spacial score (nSPS) is 12.1. The molecule has 0 aliphatic heterocycles. The number of carbonyl (C=O) groups excluding carboxylic acids is 2. The topological polar surface area (TPSA) is 55.4 Å². The van der Waals surface area contributed by atoms with Crippen LogP contribution >= 0.6 is 0 Å². The van der Waals surface area contributed by atoms with Crippen LogP contribution in [0, 0.1) is 0 Å². The van der Waals surface area contributed by atoms with Crippen LogP contribution in [0.15, 0.2) is 36.4 Å². The fourth-order valence-electron chi connectivity index (χ4n) is 1.43. The maximum absolute atomic E-state index is 11.6. The van der Waals surface area contributed by atoms with E-state index >= 15 is 0 Å². The third kappa shape index (κ3) is 4.41. The fourth-order valence-corrected chi connectivity index (χ4v) is 1.43. The van der Waals surface area contributed by atoms with Gasteiger partial charge in [-0.05, 0) is 18.1 Å². The highest BCUT2D eigenvalue weighted by Gasteiger charge is 2.17. The van der Waals surface area contributed by atoms with Gasteiger partial charge in [-0.25, -0.2) is 4.79 Å². The minimum absolute atomic E-state index is 0.309. The molecule has 0 aliphatic rings. The molecule has 0 saturated carbocycles. The van der Waals surface area contributed by atoms with Crippen molar-refractivity contribution in [2.75, 3.05) is 7.11 Å². The van der Waals surface area contributed by atoms with E-state index in [9.17, 15) is 9.59 Å². The van der Waals surface area contributed by atoms with Gasteiger partial charge < -0.3 is 10.1 Å². The average molecular weight is 247 g/mol. The van der Waals surface area contributed by atoms with Crippen molar-refractivity contribution < 1.29 is 14.3 Å². The van der Waals surface area contributed by atoms with Gasteiger partial charge in [0.2, 0.25) is 5.91 Å². The van der Waals surface area contributed by atoms with Crippen LogP contribution in [-0.2, 0) is 14.3 Å². The lowest BCUT2D eigenvalue weighted by molar-refractivity contribution is -0.144. The van der Waals surface area contributed by atoms with E-state index < -0.39 is 12.0 Å². The Kier molecular flexibility index (Phi) is 5.64. The molecule has 1 amide bonds. The minimum Gasteiger partial charge on any atom is -0.467 e. The lowest BCUT2D eigenvalue weighted by Crippen LogP contribution is -2.40. The number of hydrogen-bond acceptors (Lipinski definition) is 3. The van der Waals surface area contributed by atoms with E-state index in [1.165, 1.54) is 13.2 Å². The summed E-state index contributed by atoms with van der Waals surface area (Å²) in [5, 5.41) is 2.59. The zero-order valence-electron chi connectivity index (χ0n) is 10.6. The lowest BCUT2D eigenvalue weighted by atomic mass is 10.2. The van der Waals surface area contributed by atoms with Crippen LogP contribution in [0.3, 0.4) is 0 Å². The van der Waals surface area contributed by atoms with Crippen LogP contribution in [-0.4, -0.2) is 25.0 Å². The summed E-state index contributed by atoms with van der Waals surface area (Å²) >= 11 is 0. The van der Waals surface area contributed by atoms with Gasteiger partial charge in [0.15, 0.2) is 0 Å². The molecule has 0 heterocycles. The van der Waals surface area contributed by atoms with Crippen molar-refractivity contribution >= 4 is 18.0 Å². The van der Waals surface area contributed by atoms with Crippen molar-refractivity contribution in [3.8, 4) is 0 Å². The Morgan fingerprint density at radius 3 is 2.56 bits per heavy atom. The first-order valence-electron chi connectivity index (χ1n) is 5.78. The molecule has 0 spiro atoms. The predicted molar refractivity (Wildman–Crippen MR) is 69.7 cm³/mol. The van der Waals surface area contributed by atoms with Crippen LogP contribution in [0.2, 0.25) is 0 Å². The smallest absolute Gasteiger partial charge is 0.328 e. The molecule has 1 aromatic rings. The Morgan fingerprint density at radius 2 is 2.00 bits per heavy atom. The van der Waals surface area contributed by atoms with Crippen molar-refractivity contribution in [3.63, 3.8) is 0 Å². The van der Waals surface area contributed by atoms with Gasteiger partial charge in [0.25, 0.3) is 0 Å². The number of ether oxygens (including phenoxy) is 1. The molecule has 0 aromatic heterocycles. The summed E-state index contributed by atoms with van der Waals surface area (Å²) in [6.07, 6.45) is 3.60. The summed E-state index contributed by atoms with van der Waals surface area (Å²) in [6, 6.07) is 8.87. The molecule has 1 rings (SSSR count). The monoisotopic (exact) mass is 247 g/mol. The van der Waals surface area contributed by atoms with Crippen LogP contribution in [0.5, 0.6) is 0 Å². The third-order valence-corrected chi connectivity index (χ3v) is 2.44. The fraction of sp³-hybridized carbons (Fsp3) is 0.286. The molecule has 1 aromatic carbocycles. The molecule has 1 atom stereocenters. The first kappa shape index (κ1) is 14.0. The van der Waals surface area contributed by atoms with Gasteiger partial charge >= 0.3 is 5.97 Å². The molecule has 96 valence electrons. The van der Waals surface area contributed by atoms with Gasteiger partial charge in [-0.1, -0.05) is 37.3 Å². The van der Waals surface area contributed by atoms with Crippen molar-refractivity contribution in [2.24, 2.45) is 0 Å². The number of hydrogen-bond donors (Lipinski definition) is 1. The van der Waals surface area contributed by atoms with E-state index in [0.29, 0.717) is 6.42 Å². The van der Waals surface area contributed by atoms with Gasteiger partial charge in [0.05, 0.1) is 7.11 Å². The first-order valence-corrected chi connectivity index (χ1v) is 5.78. The number of amides is 1. The van der Waals surface area contributed by atoms with Crippen molar-refractivity contribution in [2.45, 2.75) is 19.4 Å². The number of carbonyl (C=O) groups is 2. The maximum atomic E-state index is 11.6. The van der Waals surface area contributed by atoms with E-state index in [0.717, 1.165) is 5.56 Å². The summed E-state index contributed by atoms with van der Waals surface area (Å²) < 4.78 is 4.59. The molecule has 1 N–H and O–H groups in total. The van der Waals surface area contributed by atoms with Gasteiger partial charge in [0, 0.05) is 6.08 Å². The number of benzene rings is 1. The van der Waals surface area contributed by atoms with Crippen LogP contribution in [0.4, 0.5) is 0 Å². The molecule has 0 aliphatic carbocycles. The molecule has 4 heteroatoms. The van der Waals surface area contributed by atoms with E-state index in [2.05, 4.69) is 10.1 Å². The second kappa shape index (κ2) is 7.27. The largest absolute Gasteiger partial charge is 0.467 e. The van der Waals surface area contributed by atoms with E-state index in [1.807, 2.05) is 37.3 Å². The molecule has 18 heavy (non-hydrogen) atoms. The summed E-state index contributed by atoms with van der Waals surface area (Å²) in [5.41, 5.74) is 0.929. The summed E-state index contributed by atoms with van der Waals surface area (Å²) in [5.74, 6) is -0.741. The maximum Gasteiger partial charge on any atom is 0.328 e. The highest BCUT2D eigenvalue weighted by atomic mass is 16.5. The molecule has 0 fully saturated rings. The van der Waals surface area contributed by atoms with Crippen molar-refractivity contribution in [3.05, 3.63) is 42.0 Å². The van der Waals surface area contributed by atoms with E-state index in [4.69, 9.17) is 0 Å². The molecule has 0 saturated heterocycles. The van der Waals surface area contributed by atoms with Crippen molar-refractivity contribution in [1.82, 2.24) is 5.32 Å². The number of methoxy groups -OCH3 is 1. The first-order chi connectivity index (χ1) is 8.67. The SMILES string of the molecule is CCC(NC(=O)/C=C/c1ccccc1)C(=O)OC. The Bertz CT molecular complexity index is 426. The zero-order chi connectivity index (χ0) is 13.4. The second-order valence-corrected chi connectivity index (χ2v) is 3.74. The van der Waals surface area contributed by atoms with Gasteiger partial charge in [0.1, 0.15) is 6.04 Å². The summed E-state index contributed by atoms with van der Waals surface area (Å²) in [7, 11) is 1.30. The van der Waals surface area contributed by atoms with Gasteiger partial charge in [-0.15, -0.1) is 0 Å². The molecule has 1 unspecified atom stereocenters. The zero-order valence-corrected chi connectivity index (χ0v) is 10.6. The third-order valence-electron chi connectivity index (χ3n) is 2.44. The Morgan fingerprint density at radius 1 is 1.33 bits per heavy atom. The molecule has 0 radical (unpaired) electrons. The second-order valence-electron chi connectivity index (χ2n) is 3.74. The van der Waals surface area contributed by atoms with Gasteiger partial charge in [-0.3, -0.25) is 4.79 Å². The Labute approximate surface area is 107 Å². The molecule has 0 bridgehead atoms. The number of rotatable bonds is 5. The summed E-state index contributed by atoms with van der Waals surface area (Å²) in [4.78, 5) is 22.9. The molecule has 4 nitrogen and oxygen atoms in total. The predicted octanol–water partition coefficient (Wildman–Crippen LogP) is 1.77. The van der Waals surface area contributed by atoms with Crippen LogP contribution in [0.25, 0.3) is 6.08 Å². The number of nitrogens with one attached hydrogen (secondary N) is 1. The Balaban J connectivity index is 2.56. The minimum atomic E-state index is -0.595. The van der Waals surface area contributed by atoms with Crippen LogP contribution in [0.1, 0.15) is 18.9 Å². The number of esters is 1. The van der Waals surface area contributed by atoms with E-state index in [-0.39, 0.29) is 5.91 Å². The van der Waals surface area contributed by atoms with Crippen LogP contribution < -0.4 is 5.32 Å². The molecular formula is C14H17NO3. The lowest BCUT2D eigenvalue weighted by Gasteiger charge is -2.12. The Hall–Kier alpha value is -2.10. The van der Waals surface area contributed by atoms with Crippen molar-refractivity contribution in [1.29, 1.82) is 0 Å². The van der Waals surface area contributed by atoms with E-state index in [1.54, 1.807) is 6.08 Å². The highest BCUT2D eigenvalue weighted by molar-refractivity contribution is 5.94. The average Bonchev–Trinajstić information content (AvgIpc) is 2.42. The quantitative estimate of drug-likeness (QED) is 0.637. The summed E-state index contributed by atoms with van der Waals surface area (Å²) in [6.45, 7) is 1.81.